The Morgan fingerprint density at radius 2 is 1.50 bits per heavy atom. The summed E-state index contributed by atoms with van der Waals surface area (Å²) in [6, 6.07) is 10.8. The molecule has 0 atom stereocenters. The Kier molecular flexibility index (Phi) is 4.66. The Balaban J connectivity index is 2.10. The van der Waals surface area contributed by atoms with Crippen molar-refractivity contribution >= 4 is 18.3 Å². The highest BCUT2D eigenvalue weighted by atomic mass is 16.1. The molecule has 20 heavy (non-hydrogen) atoms. The van der Waals surface area contributed by atoms with Crippen molar-refractivity contribution in [2.45, 2.75) is 6.17 Å². The fourth-order valence-corrected chi connectivity index (χ4v) is 1.38. The second-order valence-electron chi connectivity index (χ2n) is 3.84. The summed E-state index contributed by atoms with van der Waals surface area (Å²) in [6.45, 7) is 0. The van der Waals surface area contributed by atoms with Crippen LogP contribution in [-0.4, -0.2) is 34.5 Å². The van der Waals surface area contributed by atoms with E-state index in [2.05, 4.69) is 20.0 Å². The smallest absolute Gasteiger partial charge is 0.264 e. The van der Waals surface area contributed by atoms with E-state index in [0.29, 0.717) is 11.4 Å². The van der Waals surface area contributed by atoms with Gasteiger partial charge in [-0.1, -0.05) is 12.1 Å². The number of nitrogens with zero attached hydrogens (tertiary/aromatic N) is 4. The van der Waals surface area contributed by atoms with Crippen molar-refractivity contribution in [2.24, 2.45) is 15.7 Å². The van der Waals surface area contributed by atoms with Crippen molar-refractivity contribution in [3.05, 3.63) is 60.2 Å². The van der Waals surface area contributed by atoms with Crippen molar-refractivity contribution in [1.29, 1.82) is 0 Å². The number of primary amides is 1. The monoisotopic (exact) mass is 267 g/mol. The van der Waals surface area contributed by atoms with Crippen LogP contribution in [-0.2, 0) is 4.79 Å². The minimum atomic E-state index is -0.987. The lowest BCUT2D eigenvalue weighted by Crippen LogP contribution is -2.25. The molecule has 0 aromatic carbocycles. The topological polar surface area (TPSA) is 93.6 Å². The summed E-state index contributed by atoms with van der Waals surface area (Å²) in [6.07, 6.45) is 5.21. The third-order valence-electron chi connectivity index (χ3n) is 2.33. The number of amides is 1. The third kappa shape index (κ3) is 4.09. The first-order valence-corrected chi connectivity index (χ1v) is 5.93. The molecule has 1 amide bonds. The van der Waals surface area contributed by atoms with Crippen LogP contribution in [0.15, 0.2) is 58.8 Å². The minimum Gasteiger partial charge on any atom is -0.366 e. The van der Waals surface area contributed by atoms with Gasteiger partial charge in [-0.15, -0.1) is 0 Å². The highest BCUT2D eigenvalue weighted by Gasteiger charge is 2.09. The number of carbonyl (C=O) groups is 1. The lowest BCUT2D eigenvalue weighted by molar-refractivity contribution is -0.118. The lowest BCUT2D eigenvalue weighted by Gasteiger charge is -2.01. The van der Waals surface area contributed by atoms with E-state index in [1.54, 1.807) is 36.7 Å². The van der Waals surface area contributed by atoms with Crippen LogP contribution in [0.1, 0.15) is 11.4 Å². The zero-order valence-corrected chi connectivity index (χ0v) is 10.6. The summed E-state index contributed by atoms with van der Waals surface area (Å²) in [5, 5.41) is 0. The van der Waals surface area contributed by atoms with Crippen LogP contribution in [0, 0.1) is 0 Å². The fourth-order valence-electron chi connectivity index (χ4n) is 1.38. The molecule has 0 fully saturated rings. The molecule has 6 nitrogen and oxygen atoms in total. The molecule has 0 unspecified atom stereocenters. The Labute approximate surface area is 116 Å². The molecule has 0 spiro atoms. The van der Waals surface area contributed by atoms with E-state index in [0.717, 1.165) is 0 Å². The highest BCUT2D eigenvalue weighted by molar-refractivity contribution is 5.87. The SMILES string of the molecule is NC(=O)C(N=Cc1ccccn1)N=Cc1ccccn1. The summed E-state index contributed by atoms with van der Waals surface area (Å²) >= 11 is 0. The van der Waals surface area contributed by atoms with E-state index in [1.807, 2.05) is 12.1 Å². The number of rotatable bonds is 5. The number of carbonyl (C=O) groups excluding carboxylic acids is 1. The molecule has 0 radical (unpaired) electrons. The van der Waals surface area contributed by atoms with Crippen LogP contribution >= 0.6 is 0 Å². The van der Waals surface area contributed by atoms with Crippen molar-refractivity contribution in [3.63, 3.8) is 0 Å². The van der Waals surface area contributed by atoms with Crippen LogP contribution in [0.3, 0.4) is 0 Å². The first-order chi connectivity index (χ1) is 9.75. The van der Waals surface area contributed by atoms with Gasteiger partial charge in [0.25, 0.3) is 5.91 Å². The first kappa shape index (κ1) is 13.5. The van der Waals surface area contributed by atoms with Crippen LogP contribution in [0.2, 0.25) is 0 Å². The molecule has 6 heteroatoms. The van der Waals surface area contributed by atoms with Crippen molar-refractivity contribution < 1.29 is 4.79 Å². The largest absolute Gasteiger partial charge is 0.366 e. The summed E-state index contributed by atoms with van der Waals surface area (Å²) in [7, 11) is 0. The van der Waals surface area contributed by atoms with Gasteiger partial charge in [-0.05, 0) is 24.3 Å². The Morgan fingerprint density at radius 1 is 1.00 bits per heavy atom. The van der Waals surface area contributed by atoms with Gasteiger partial charge in [0.1, 0.15) is 0 Å². The van der Waals surface area contributed by atoms with Gasteiger partial charge in [0.05, 0.1) is 23.8 Å². The Morgan fingerprint density at radius 3 is 1.85 bits per heavy atom. The molecule has 100 valence electrons. The molecule has 0 bridgehead atoms. The Hall–Kier alpha value is -2.89. The van der Waals surface area contributed by atoms with Crippen molar-refractivity contribution in [1.82, 2.24) is 9.97 Å². The van der Waals surface area contributed by atoms with E-state index in [9.17, 15) is 4.79 Å². The molecule has 0 saturated heterocycles. The molecular weight excluding hydrogens is 254 g/mol. The summed E-state index contributed by atoms with van der Waals surface area (Å²) in [5.41, 5.74) is 6.52. The predicted molar refractivity (Wildman–Crippen MR) is 76.6 cm³/mol. The normalized spacial score (nSPS) is 12.8. The number of aliphatic imine (C=N–C) groups is 2. The Bertz CT molecular complexity index is 560. The fraction of sp³-hybridized carbons (Fsp3) is 0.0714. The molecule has 2 aromatic heterocycles. The number of hydrogen-bond donors (Lipinski definition) is 1. The van der Waals surface area contributed by atoms with E-state index in [1.165, 1.54) is 12.4 Å². The molecule has 2 aromatic rings. The van der Waals surface area contributed by atoms with E-state index < -0.39 is 12.1 Å². The highest BCUT2D eigenvalue weighted by Crippen LogP contribution is 1.97. The van der Waals surface area contributed by atoms with Gasteiger partial charge in [-0.25, -0.2) is 0 Å². The van der Waals surface area contributed by atoms with Gasteiger partial charge in [-0.3, -0.25) is 24.7 Å². The summed E-state index contributed by atoms with van der Waals surface area (Å²) < 4.78 is 0. The first-order valence-electron chi connectivity index (χ1n) is 5.93. The quantitative estimate of drug-likeness (QED) is 0.813. The maximum atomic E-state index is 11.3. The van der Waals surface area contributed by atoms with Gasteiger partial charge >= 0.3 is 0 Å². The molecule has 0 aliphatic heterocycles. The second kappa shape index (κ2) is 6.89. The standard InChI is InChI=1S/C14H13N5O/c15-13(20)14(18-9-11-5-1-3-7-16-11)19-10-12-6-2-4-8-17-12/h1-10,14H,(H2,15,20). The van der Waals surface area contributed by atoms with Gasteiger partial charge in [-0.2, -0.15) is 0 Å². The van der Waals surface area contributed by atoms with E-state index >= 15 is 0 Å². The minimum absolute atomic E-state index is 0.631. The van der Waals surface area contributed by atoms with Crippen LogP contribution < -0.4 is 5.73 Å². The molecule has 2 rings (SSSR count). The number of nitrogens with two attached hydrogens (primary N) is 1. The zero-order valence-electron chi connectivity index (χ0n) is 10.6. The molecule has 0 aliphatic carbocycles. The molecule has 0 saturated carbocycles. The average molecular weight is 267 g/mol. The zero-order chi connectivity index (χ0) is 14.2. The van der Waals surface area contributed by atoms with Crippen molar-refractivity contribution in [2.75, 3.05) is 0 Å². The second-order valence-corrected chi connectivity index (χ2v) is 3.84. The predicted octanol–water partition coefficient (Wildman–Crippen LogP) is 0.826. The van der Waals surface area contributed by atoms with Gasteiger partial charge < -0.3 is 5.73 Å². The van der Waals surface area contributed by atoms with E-state index in [-0.39, 0.29) is 0 Å². The van der Waals surface area contributed by atoms with Gasteiger partial charge in [0.15, 0.2) is 0 Å². The maximum absolute atomic E-state index is 11.3. The molecule has 2 N–H and O–H groups in total. The summed E-state index contributed by atoms with van der Waals surface area (Å²) in [5.74, 6) is -0.635. The number of aromatic nitrogens is 2. The summed E-state index contributed by atoms with van der Waals surface area (Å²) in [4.78, 5) is 27.5. The maximum Gasteiger partial charge on any atom is 0.264 e. The molecule has 0 aliphatic rings. The van der Waals surface area contributed by atoms with E-state index in [4.69, 9.17) is 5.73 Å². The molecular formula is C14H13N5O. The van der Waals surface area contributed by atoms with Gasteiger partial charge in [0, 0.05) is 12.4 Å². The van der Waals surface area contributed by atoms with Crippen LogP contribution in [0.4, 0.5) is 0 Å². The van der Waals surface area contributed by atoms with Crippen molar-refractivity contribution in [3.8, 4) is 0 Å². The third-order valence-corrected chi connectivity index (χ3v) is 2.33. The van der Waals surface area contributed by atoms with Gasteiger partial charge in [0.2, 0.25) is 6.17 Å². The number of hydrogen-bond acceptors (Lipinski definition) is 5. The number of pyridine rings is 2. The van der Waals surface area contributed by atoms with Crippen LogP contribution in [0.5, 0.6) is 0 Å². The molecule has 2 heterocycles. The lowest BCUT2D eigenvalue weighted by atomic mass is 10.3. The van der Waals surface area contributed by atoms with Crippen LogP contribution in [0.25, 0.3) is 0 Å². The average Bonchev–Trinajstić information content (AvgIpc) is 2.49.